The average Bonchev–Trinajstić information content (AvgIpc) is 3.11. The lowest BCUT2D eigenvalue weighted by atomic mass is 10.1. The average molecular weight is 413 g/mol. The Bertz CT molecular complexity index is 729. The Kier molecular flexibility index (Phi) is 8.48. The number of sulfonamides is 1. The first-order valence-electron chi connectivity index (χ1n) is 9.71. The van der Waals surface area contributed by atoms with Gasteiger partial charge in [0, 0.05) is 30.5 Å². The molecule has 0 saturated heterocycles. The van der Waals surface area contributed by atoms with Crippen molar-refractivity contribution in [2.45, 2.75) is 57.6 Å². The third kappa shape index (κ3) is 7.03. The fraction of sp³-hybridized carbons (Fsp3) is 0.650. The molecule has 0 bridgehead atoms. The van der Waals surface area contributed by atoms with E-state index >= 15 is 0 Å². The molecule has 1 N–H and O–H groups in total. The van der Waals surface area contributed by atoms with Gasteiger partial charge in [0.2, 0.25) is 15.9 Å². The Morgan fingerprint density at radius 2 is 1.96 bits per heavy atom. The summed E-state index contributed by atoms with van der Waals surface area (Å²) in [6.07, 6.45) is 7.33. The molecule has 0 unspecified atom stereocenters. The van der Waals surface area contributed by atoms with Crippen molar-refractivity contribution < 1.29 is 13.2 Å². The van der Waals surface area contributed by atoms with E-state index in [1.165, 1.54) is 36.2 Å². The SMILES string of the molecule is Cc1cccc(N(CCCC(=O)NCCSC2CCCC2)S(C)(=O)=O)c1C. The molecule has 0 spiro atoms. The van der Waals surface area contributed by atoms with Crippen LogP contribution >= 0.6 is 11.8 Å². The predicted octanol–water partition coefficient (Wildman–Crippen LogP) is 3.64. The molecule has 1 fully saturated rings. The summed E-state index contributed by atoms with van der Waals surface area (Å²) in [4.78, 5) is 12.0. The zero-order chi connectivity index (χ0) is 19.9. The quantitative estimate of drug-likeness (QED) is 0.596. The van der Waals surface area contributed by atoms with E-state index in [0.29, 0.717) is 31.6 Å². The number of hydrogen-bond donors (Lipinski definition) is 1. The topological polar surface area (TPSA) is 66.5 Å². The van der Waals surface area contributed by atoms with Crippen molar-refractivity contribution >= 4 is 33.4 Å². The van der Waals surface area contributed by atoms with Gasteiger partial charge in [-0.05, 0) is 50.3 Å². The van der Waals surface area contributed by atoms with Crippen LogP contribution < -0.4 is 9.62 Å². The number of hydrogen-bond acceptors (Lipinski definition) is 4. The maximum absolute atomic E-state index is 12.2. The molecule has 0 radical (unpaired) electrons. The monoisotopic (exact) mass is 412 g/mol. The normalized spacial score (nSPS) is 15.1. The molecular formula is C20H32N2O3S2. The summed E-state index contributed by atoms with van der Waals surface area (Å²) >= 11 is 1.96. The third-order valence-electron chi connectivity index (χ3n) is 5.09. The van der Waals surface area contributed by atoms with Crippen LogP contribution in [-0.2, 0) is 14.8 Å². The number of amides is 1. The molecule has 7 heteroatoms. The zero-order valence-electron chi connectivity index (χ0n) is 16.7. The number of nitrogens with zero attached hydrogens (tertiary/aromatic N) is 1. The summed E-state index contributed by atoms with van der Waals surface area (Å²) in [5.41, 5.74) is 2.71. The molecule has 1 amide bonds. The highest BCUT2D eigenvalue weighted by atomic mass is 32.2. The molecule has 0 atom stereocenters. The Labute approximate surface area is 168 Å². The van der Waals surface area contributed by atoms with Crippen molar-refractivity contribution in [2.75, 3.05) is 29.4 Å². The summed E-state index contributed by atoms with van der Waals surface area (Å²) in [6.45, 7) is 4.90. The number of aryl methyl sites for hydroxylation is 1. The van der Waals surface area contributed by atoms with E-state index in [0.717, 1.165) is 22.1 Å². The van der Waals surface area contributed by atoms with Crippen LogP contribution in [0, 0.1) is 13.8 Å². The van der Waals surface area contributed by atoms with Crippen LogP contribution in [0.2, 0.25) is 0 Å². The first-order chi connectivity index (χ1) is 12.8. The second kappa shape index (κ2) is 10.4. The molecule has 1 saturated carbocycles. The number of thioether (sulfide) groups is 1. The van der Waals surface area contributed by atoms with Crippen LogP contribution in [0.25, 0.3) is 0 Å². The number of anilines is 1. The van der Waals surface area contributed by atoms with Crippen molar-refractivity contribution in [3.05, 3.63) is 29.3 Å². The van der Waals surface area contributed by atoms with Crippen molar-refractivity contribution in [3.8, 4) is 0 Å². The second-order valence-corrected chi connectivity index (χ2v) is 10.6. The van der Waals surface area contributed by atoms with Crippen LogP contribution in [0.5, 0.6) is 0 Å². The van der Waals surface area contributed by atoms with Gasteiger partial charge in [-0.3, -0.25) is 9.10 Å². The van der Waals surface area contributed by atoms with Gasteiger partial charge in [0.05, 0.1) is 11.9 Å². The lowest BCUT2D eigenvalue weighted by Crippen LogP contribution is -2.33. The molecule has 152 valence electrons. The first kappa shape index (κ1) is 22.1. The maximum Gasteiger partial charge on any atom is 0.232 e. The molecule has 0 aromatic heterocycles. The number of carbonyl (C=O) groups excluding carboxylic acids is 1. The first-order valence-corrected chi connectivity index (χ1v) is 12.6. The summed E-state index contributed by atoms with van der Waals surface area (Å²) in [5, 5.41) is 3.72. The molecule has 2 rings (SSSR count). The lowest BCUT2D eigenvalue weighted by Gasteiger charge is -2.24. The highest BCUT2D eigenvalue weighted by molar-refractivity contribution is 7.99. The van der Waals surface area contributed by atoms with Crippen molar-refractivity contribution in [2.24, 2.45) is 0 Å². The standard InChI is InChI=1S/C20H32N2O3S2/c1-16-8-6-11-19(17(16)2)22(27(3,24)25)14-7-12-20(23)21-13-15-26-18-9-4-5-10-18/h6,8,11,18H,4-5,7,9-10,12-15H2,1-3H3,(H,21,23). The maximum atomic E-state index is 12.2. The van der Waals surface area contributed by atoms with Crippen LogP contribution in [0.3, 0.4) is 0 Å². The van der Waals surface area contributed by atoms with E-state index in [9.17, 15) is 13.2 Å². The highest BCUT2D eigenvalue weighted by Crippen LogP contribution is 2.29. The van der Waals surface area contributed by atoms with Gasteiger partial charge in [-0.25, -0.2) is 8.42 Å². The highest BCUT2D eigenvalue weighted by Gasteiger charge is 2.20. The number of nitrogens with one attached hydrogen (secondary N) is 1. The summed E-state index contributed by atoms with van der Waals surface area (Å²) < 4.78 is 25.9. The molecule has 1 aromatic carbocycles. The van der Waals surface area contributed by atoms with E-state index in [2.05, 4.69) is 5.32 Å². The van der Waals surface area contributed by atoms with E-state index in [1.54, 1.807) is 0 Å². The third-order valence-corrected chi connectivity index (χ3v) is 7.65. The lowest BCUT2D eigenvalue weighted by molar-refractivity contribution is -0.121. The van der Waals surface area contributed by atoms with Crippen LogP contribution in [0.4, 0.5) is 5.69 Å². The van der Waals surface area contributed by atoms with Crippen LogP contribution in [-0.4, -0.2) is 44.7 Å². The molecule has 0 heterocycles. The van der Waals surface area contributed by atoms with Crippen LogP contribution in [0.15, 0.2) is 18.2 Å². The minimum atomic E-state index is -3.39. The second-order valence-electron chi connectivity index (χ2n) is 7.28. The minimum Gasteiger partial charge on any atom is -0.355 e. The molecule has 1 aromatic rings. The van der Waals surface area contributed by atoms with Gasteiger partial charge in [0.15, 0.2) is 0 Å². The van der Waals surface area contributed by atoms with E-state index in [1.807, 2.05) is 43.8 Å². The van der Waals surface area contributed by atoms with Gasteiger partial charge >= 0.3 is 0 Å². The molecule has 5 nitrogen and oxygen atoms in total. The van der Waals surface area contributed by atoms with Gasteiger partial charge < -0.3 is 5.32 Å². The van der Waals surface area contributed by atoms with Gasteiger partial charge in [-0.1, -0.05) is 25.0 Å². The molecule has 1 aliphatic carbocycles. The summed E-state index contributed by atoms with van der Waals surface area (Å²) in [6, 6.07) is 5.66. The number of carbonyl (C=O) groups is 1. The van der Waals surface area contributed by atoms with E-state index in [-0.39, 0.29) is 5.91 Å². The zero-order valence-corrected chi connectivity index (χ0v) is 18.3. The Morgan fingerprint density at radius 1 is 1.26 bits per heavy atom. The number of rotatable bonds is 10. The predicted molar refractivity (Wildman–Crippen MR) is 115 cm³/mol. The molecule has 0 aliphatic heterocycles. The van der Waals surface area contributed by atoms with E-state index < -0.39 is 10.0 Å². The Morgan fingerprint density at radius 3 is 2.63 bits per heavy atom. The van der Waals surface area contributed by atoms with Crippen molar-refractivity contribution in [1.29, 1.82) is 0 Å². The smallest absolute Gasteiger partial charge is 0.232 e. The van der Waals surface area contributed by atoms with Gasteiger partial charge in [0.1, 0.15) is 0 Å². The molecule has 27 heavy (non-hydrogen) atoms. The summed E-state index contributed by atoms with van der Waals surface area (Å²) in [5.74, 6) is 0.949. The fourth-order valence-electron chi connectivity index (χ4n) is 3.41. The van der Waals surface area contributed by atoms with Crippen molar-refractivity contribution in [1.82, 2.24) is 5.32 Å². The van der Waals surface area contributed by atoms with Crippen LogP contribution in [0.1, 0.15) is 49.7 Å². The largest absolute Gasteiger partial charge is 0.355 e. The van der Waals surface area contributed by atoms with Gasteiger partial charge in [-0.15, -0.1) is 0 Å². The fourth-order valence-corrected chi connectivity index (χ4v) is 5.65. The van der Waals surface area contributed by atoms with Crippen molar-refractivity contribution in [3.63, 3.8) is 0 Å². The van der Waals surface area contributed by atoms with E-state index in [4.69, 9.17) is 0 Å². The minimum absolute atomic E-state index is 0.00330. The van der Waals surface area contributed by atoms with Gasteiger partial charge in [-0.2, -0.15) is 11.8 Å². The van der Waals surface area contributed by atoms with Gasteiger partial charge in [0.25, 0.3) is 0 Å². The number of benzene rings is 1. The molecular weight excluding hydrogens is 380 g/mol. The summed E-state index contributed by atoms with van der Waals surface area (Å²) in [7, 11) is -3.39. The molecule has 1 aliphatic rings. The Balaban J connectivity index is 1.78. The Hall–Kier alpha value is -1.21.